The topological polar surface area (TPSA) is 41.6 Å². The lowest BCUT2D eigenvalue weighted by Gasteiger charge is -2.19. The van der Waals surface area contributed by atoms with E-state index >= 15 is 0 Å². The van der Waals surface area contributed by atoms with Gasteiger partial charge in [-0.25, -0.2) is 0 Å². The molecule has 4 heteroatoms. The van der Waals surface area contributed by atoms with Crippen LogP contribution in [0.1, 0.15) is 17.2 Å². The van der Waals surface area contributed by atoms with Crippen LogP contribution in [-0.2, 0) is 11.2 Å². The predicted molar refractivity (Wildman–Crippen MR) is 114 cm³/mol. The zero-order valence-electron chi connectivity index (χ0n) is 16.3. The van der Waals surface area contributed by atoms with E-state index in [1.165, 1.54) is 5.56 Å². The van der Waals surface area contributed by atoms with Gasteiger partial charge in [-0.2, -0.15) is 0 Å². The molecule has 0 heterocycles. The summed E-state index contributed by atoms with van der Waals surface area (Å²) in [6, 6.07) is 26.9. The Hall–Kier alpha value is -3.11. The minimum atomic E-state index is -0.725. The van der Waals surface area contributed by atoms with Crippen LogP contribution in [0.5, 0.6) is 5.75 Å². The van der Waals surface area contributed by atoms with Gasteiger partial charge in [-0.3, -0.25) is 4.79 Å². The van der Waals surface area contributed by atoms with Gasteiger partial charge < -0.3 is 15.0 Å². The lowest BCUT2D eigenvalue weighted by molar-refractivity contribution is -0.123. The van der Waals surface area contributed by atoms with Crippen molar-refractivity contribution in [1.82, 2.24) is 4.90 Å². The Labute approximate surface area is 166 Å². The number of likely N-dealkylation sites (N-methyl/N-ethyl adjacent to an activating group) is 1. The number of carbonyl (C=O) groups is 1. The van der Waals surface area contributed by atoms with Gasteiger partial charge in [0.1, 0.15) is 5.75 Å². The van der Waals surface area contributed by atoms with Gasteiger partial charge in [0.2, 0.25) is 6.10 Å². The highest BCUT2D eigenvalue weighted by Gasteiger charge is 2.22. The van der Waals surface area contributed by atoms with Gasteiger partial charge >= 0.3 is 0 Å². The van der Waals surface area contributed by atoms with Crippen LogP contribution >= 0.6 is 0 Å². The van der Waals surface area contributed by atoms with E-state index in [4.69, 9.17) is 4.74 Å². The molecule has 0 aliphatic heterocycles. The maximum atomic E-state index is 13.0. The summed E-state index contributed by atoms with van der Waals surface area (Å²) in [5.74, 6) is 0.460. The van der Waals surface area contributed by atoms with Crippen LogP contribution in [0, 0.1) is 0 Å². The molecule has 0 aliphatic carbocycles. The van der Waals surface area contributed by atoms with Crippen LogP contribution in [0.3, 0.4) is 0 Å². The Morgan fingerprint density at radius 1 is 0.893 bits per heavy atom. The molecule has 0 bridgehead atoms. The van der Waals surface area contributed by atoms with Crippen molar-refractivity contribution in [3.63, 3.8) is 0 Å². The number of ether oxygens (including phenoxy) is 1. The molecule has 0 saturated carbocycles. The van der Waals surface area contributed by atoms with Gasteiger partial charge in [0.15, 0.2) is 0 Å². The summed E-state index contributed by atoms with van der Waals surface area (Å²) in [5, 5.41) is 2.98. The molecule has 0 fully saturated rings. The van der Waals surface area contributed by atoms with E-state index in [9.17, 15) is 4.79 Å². The minimum absolute atomic E-state index is 0.198. The first-order chi connectivity index (χ1) is 13.6. The number of hydrogen-bond donors (Lipinski definition) is 1. The monoisotopic (exact) mass is 374 g/mol. The van der Waals surface area contributed by atoms with E-state index in [-0.39, 0.29) is 5.91 Å². The van der Waals surface area contributed by atoms with E-state index in [1.807, 2.05) is 72.8 Å². The Morgan fingerprint density at radius 3 is 2.11 bits per heavy atom. The predicted octanol–water partition coefficient (Wildman–Crippen LogP) is 4.55. The van der Waals surface area contributed by atoms with Crippen LogP contribution in [-0.4, -0.2) is 31.4 Å². The van der Waals surface area contributed by atoms with Gasteiger partial charge in [-0.1, -0.05) is 60.7 Å². The number of carbonyl (C=O) groups excluding carboxylic acids is 1. The first-order valence-corrected chi connectivity index (χ1v) is 9.43. The number of para-hydroxylation sites is 1. The van der Waals surface area contributed by atoms with E-state index in [0.29, 0.717) is 5.75 Å². The van der Waals surface area contributed by atoms with Crippen molar-refractivity contribution < 1.29 is 9.53 Å². The fraction of sp³-hybridized carbons (Fsp3) is 0.208. The second kappa shape index (κ2) is 9.72. The molecular weight excluding hydrogens is 348 g/mol. The summed E-state index contributed by atoms with van der Waals surface area (Å²) in [5.41, 5.74) is 2.81. The van der Waals surface area contributed by atoms with Crippen LogP contribution in [0.2, 0.25) is 0 Å². The SMILES string of the molecule is CN(C)CCc1ccc(NC(=O)C(Oc2ccccc2)c2ccccc2)cc1. The summed E-state index contributed by atoms with van der Waals surface area (Å²) < 4.78 is 6.01. The van der Waals surface area contributed by atoms with Crippen molar-refractivity contribution in [3.8, 4) is 5.75 Å². The first-order valence-electron chi connectivity index (χ1n) is 9.43. The Bertz CT molecular complexity index is 862. The summed E-state index contributed by atoms with van der Waals surface area (Å²) in [4.78, 5) is 15.1. The highest BCUT2D eigenvalue weighted by Crippen LogP contribution is 2.23. The molecule has 3 aromatic rings. The van der Waals surface area contributed by atoms with Crippen molar-refractivity contribution in [2.24, 2.45) is 0 Å². The van der Waals surface area contributed by atoms with Crippen molar-refractivity contribution in [2.75, 3.05) is 26.0 Å². The normalized spacial score (nSPS) is 11.8. The van der Waals surface area contributed by atoms with Crippen LogP contribution in [0.4, 0.5) is 5.69 Å². The van der Waals surface area contributed by atoms with Gasteiger partial charge in [0.25, 0.3) is 5.91 Å². The molecule has 3 aromatic carbocycles. The summed E-state index contributed by atoms with van der Waals surface area (Å²) in [6.45, 7) is 0.993. The maximum Gasteiger partial charge on any atom is 0.270 e. The lowest BCUT2D eigenvalue weighted by atomic mass is 10.1. The van der Waals surface area contributed by atoms with E-state index in [0.717, 1.165) is 24.2 Å². The van der Waals surface area contributed by atoms with Gasteiger partial charge in [0, 0.05) is 17.8 Å². The van der Waals surface area contributed by atoms with Crippen LogP contribution in [0.25, 0.3) is 0 Å². The number of nitrogens with zero attached hydrogens (tertiary/aromatic N) is 1. The molecule has 0 saturated heterocycles. The molecule has 3 rings (SSSR count). The summed E-state index contributed by atoms with van der Waals surface area (Å²) >= 11 is 0. The summed E-state index contributed by atoms with van der Waals surface area (Å²) in [7, 11) is 4.12. The van der Waals surface area contributed by atoms with Crippen molar-refractivity contribution in [3.05, 3.63) is 96.1 Å². The third-order valence-electron chi connectivity index (χ3n) is 4.41. The molecule has 0 aliphatic rings. The van der Waals surface area contributed by atoms with E-state index < -0.39 is 6.10 Å². The van der Waals surface area contributed by atoms with Crippen LogP contribution < -0.4 is 10.1 Å². The molecule has 144 valence electrons. The molecule has 1 amide bonds. The Kier molecular flexibility index (Phi) is 6.82. The zero-order valence-corrected chi connectivity index (χ0v) is 16.3. The van der Waals surface area contributed by atoms with Gasteiger partial charge in [-0.15, -0.1) is 0 Å². The molecule has 1 atom stereocenters. The van der Waals surface area contributed by atoms with Crippen LogP contribution in [0.15, 0.2) is 84.9 Å². The third kappa shape index (κ3) is 5.69. The molecule has 0 spiro atoms. The van der Waals surface area contributed by atoms with Gasteiger partial charge in [0.05, 0.1) is 0 Å². The lowest BCUT2D eigenvalue weighted by Crippen LogP contribution is -2.25. The molecule has 28 heavy (non-hydrogen) atoms. The average Bonchev–Trinajstić information content (AvgIpc) is 2.73. The highest BCUT2D eigenvalue weighted by molar-refractivity contribution is 5.95. The number of rotatable bonds is 8. The number of nitrogens with one attached hydrogen (secondary N) is 1. The summed E-state index contributed by atoms with van der Waals surface area (Å²) in [6.07, 6.45) is 0.252. The quantitative estimate of drug-likeness (QED) is 0.629. The third-order valence-corrected chi connectivity index (χ3v) is 4.41. The van der Waals surface area contributed by atoms with Crippen molar-refractivity contribution >= 4 is 11.6 Å². The molecule has 1 unspecified atom stereocenters. The number of hydrogen-bond acceptors (Lipinski definition) is 3. The first kappa shape index (κ1) is 19.6. The smallest absolute Gasteiger partial charge is 0.270 e. The number of amides is 1. The Balaban J connectivity index is 1.72. The molecular formula is C24H26N2O2. The maximum absolute atomic E-state index is 13.0. The van der Waals surface area contributed by atoms with Crippen molar-refractivity contribution in [2.45, 2.75) is 12.5 Å². The second-order valence-corrected chi connectivity index (χ2v) is 6.96. The van der Waals surface area contributed by atoms with E-state index in [1.54, 1.807) is 0 Å². The number of benzene rings is 3. The minimum Gasteiger partial charge on any atom is -0.476 e. The average molecular weight is 374 g/mol. The highest BCUT2D eigenvalue weighted by atomic mass is 16.5. The molecule has 0 radical (unpaired) electrons. The fourth-order valence-electron chi connectivity index (χ4n) is 2.85. The molecule has 0 aromatic heterocycles. The fourth-order valence-corrected chi connectivity index (χ4v) is 2.85. The standard InChI is InChI=1S/C24H26N2O2/c1-26(2)18-17-19-13-15-21(16-14-19)25-24(27)23(20-9-5-3-6-10-20)28-22-11-7-4-8-12-22/h3-16,23H,17-18H2,1-2H3,(H,25,27). The zero-order chi connectivity index (χ0) is 19.8. The molecule has 4 nitrogen and oxygen atoms in total. The van der Waals surface area contributed by atoms with E-state index in [2.05, 4.69) is 36.4 Å². The van der Waals surface area contributed by atoms with Gasteiger partial charge in [-0.05, 0) is 50.3 Å². The largest absolute Gasteiger partial charge is 0.476 e. The Morgan fingerprint density at radius 2 is 1.50 bits per heavy atom. The van der Waals surface area contributed by atoms with Crippen molar-refractivity contribution in [1.29, 1.82) is 0 Å². The number of anilines is 1. The second-order valence-electron chi connectivity index (χ2n) is 6.96. The molecule has 1 N–H and O–H groups in total.